The van der Waals surface area contributed by atoms with E-state index in [1.54, 1.807) is 34.6 Å². The van der Waals surface area contributed by atoms with Crippen LogP contribution in [0, 0.1) is 0 Å². The van der Waals surface area contributed by atoms with Crippen LogP contribution < -0.4 is 0 Å². The lowest BCUT2D eigenvalue weighted by atomic mass is 10.2. The van der Waals surface area contributed by atoms with E-state index >= 15 is 0 Å². The maximum atomic E-state index is 11.8. The number of carbonyl (C=O) groups excluding carboxylic acids is 1. The number of carbonyl (C=O) groups is 2. The second-order valence-electron chi connectivity index (χ2n) is 4.50. The molecule has 0 spiro atoms. The van der Waals surface area contributed by atoms with Gasteiger partial charge in [-0.15, -0.1) is 0 Å². The Hall–Kier alpha value is -1.72. The van der Waals surface area contributed by atoms with E-state index in [1.165, 1.54) is 0 Å². The molecule has 0 aromatic rings. The van der Waals surface area contributed by atoms with Gasteiger partial charge < -0.3 is 14.6 Å². The summed E-state index contributed by atoms with van der Waals surface area (Å²) in [4.78, 5) is 23.8. The van der Waals surface area contributed by atoms with E-state index in [1.807, 2.05) is 0 Å². The highest BCUT2D eigenvalue weighted by Crippen LogP contribution is 2.11. The van der Waals surface area contributed by atoms with Gasteiger partial charge in [0.15, 0.2) is 0 Å². The average Bonchev–Trinajstić information content (AvgIpc) is 2.20. The van der Waals surface area contributed by atoms with Gasteiger partial charge in [0.05, 0.1) is 12.8 Å². The Balaban J connectivity index is 4.91. The quantitative estimate of drug-likeness (QED) is 0.605. The Kier molecular flexibility index (Phi) is 6.22. The fourth-order valence-electron chi connectivity index (χ4n) is 1.04. The number of ether oxygens (including phenoxy) is 2. The van der Waals surface area contributed by atoms with E-state index in [4.69, 9.17) is 14.6 Å². The summed E-state index contributed by atoms with van der Waals surface area (Å²) in [6.07, 6.45) is 0.531. The smallest absolute Gasteiger partial charge is 0.414 e. The third-order valence-electron chi connectivity index (χ3n) is 1.75. The van der Waals surface area contributed by atoms with Crippen LogP contribution in [0.4, 0.5) is 4.79 Å². The SMILES string of the molecule is CCOC(=CN(CC)C(=O)OC(C)(C)C)C(=O)O. The molecule has 0 unspecified atom stereocenters. The molecule has 104 valence electrons. The molecule has 0 aliphatic carbocycles. The predicted molar refractivity (Wildman–Crippen MR) is 66.0 cm³/mol. The second-order valence-corrected chi connectivity index (χ2v) is 4.50. The number of rotatable bonds is 5. The van der Waals surface area contributed by atoms with Crippen LogP contribution in [0.5, 0.6) is 0 Å². The zero-order valence-electron chi connectivity index (χ0n) is 11.5. The molecule has 6 nitrogen and oxygen atoms in total. The van der Waals surface area contributed by atoms with Crippen molar-refractivity contribution < 1.29 is 24.2 Å². The molecule has 0 saturated heterocycles. The van der Waals surface area contributed by atoms with Crippen molar-refractivity contribution in [2.45, 2.75) is 40.2 Å². The summed E-state index contributed by atoms with van der Waals surface area (Å²) in [5.74, 6) is -1.51. The van der Waals surface area contributed by atoms with Gasteiger partial charge in [0.1, 0.15) is 5.60 Å². The molecular formula is C12H21NO5. The maximum absolute atomic E-state index is 11.8. The van der Waals surface area contributed by atoms with Gasteiger partial charge in [0, 0.05) is 6.54 Å². The third kappa shape index (κ3) is 6.12. The minimum absolute atomic E-state index is 0.212. The lowest BCUT2D eigenvalue weighted by molar-refractivity contribution is -0.136. The summed E-state index contributed by atoms with van der Waals surface area (Å²) in [5, 5.41) is 8.89. The first-order valence-electron chi connectivity index (χ1n) is 5.78. The first-order valence-corrected chi connectivity index (χ1v) is 5.78. The molecule has 0 bridgehead atoms. The Labute approximate surface area is 107 Å². The Morgan fingerprint density at radius 3 is 2.17 bits per heavy atom. The van der Waals surface area contributed by atoms with Gasteiger partial charge in [-0.3, -0.25) is 4.90 Å². The molecular weight excluding hydrogens is 238 g/mol. The maximum Gasteiger partial charge on any atom is 0.414 e. The van der Waals surface area contributed by atoms with Crippen molar-refractivity contribution in [2.24, 2.45) is 0 Å². The minimum atomic E-state index is -1.22. The number of carboxylic acid groups (broad SMARTS) is 1. The highest BCUT2D eigenvalue weighted by molar-refractivity contribution is 5.85. The summed E-state index contributed by atoms with van der Waals surface area (Å²) in [6.45, 7) is 9.10. The van der Waals surface area contributed by atoms with Crippen molar-refractivity contribution in [3.05, 3.63) is 12.0 Å². The Morgan fingerprint density at radius 1 is 1.28 bits per heavy atom. The van der Waals surface area contributed by atoms with Crippen molar-refractivity contribution in [2.75, 3.05) is 13.2 Å². The summed E-state index contributed by atoms with van der Waals surface area (Å²) < 4.78 is 10.1. The van der Waals surface area contributed by atoms with Gasteiger partial charge in [-0.05, 0) is 34.6 Å². The molecule has 0 fully saturated rings. The van der Waals surface area contributed by atoms with Gasteiger partial charge in [-0.1, -0.05) is 0 Å². The van der Waals surface area contributed by atoms with Crippen LogP contribution in [0.3, 0.4) is 0 Å². The zero-order valence-corrected chi connectivity index (χ0v) is 11.5. The molecule has 0 radical (unpaired) electrons. The van der Waals surface area contributed by atoms with E-state index in [-0.39, 0.29) is 12.4 Å². The standard InChI is InChI=1S/C12H21NO5/c1-6-13(11(16)18-12(3,4)5)8-9(10(14)15)17-7-2/h8H,6-7H2,1-5H3,(H,14,15). The molecule has 6 heteroatoms. The fourth-order valence-corrected chi connectivity index (χ4v) is 1.04. The lowest BCUT2D eigenvalue weighted by Crippen LogP contribution is -2.34. The monoisotopic (exact) mass is 259 g/mol. The van der Waals surface area contributed by atoms with Crippen molar-refractivity contribution >= 4 is 12.1 Å². The van der Waals surface area contributed by atoms with Gasteiger partial charge in [-0.25, -0.2) is 9.59 Å². The second kappa shape index (κ2) is 6.88. The summed E-state index contributed by atoms with van der Waals surface area (Å²) >= 11 is 0. The van der Waals surface area contributed by atoms with Crippen LogP contribution in [0.1, 0.15) is 34.6 Å². The van der Waals surface area contributed by atoms with Crippen LogP contribution in [-0.2, 0) is 14.3 Å². The largest absolute Gasteiger partial charge is 0.486 e. The highest BCUT2D eigenvalue weighted by Gasteiger charge is 2.21. The van der Waals surface area contributed by atoms with E-state index in [9.17, 15) is 9.59 Å². The number of carboxylic acids is 1. The van der Waals surface area contributed by atoms with Crippen molar-refractivity contribution in [1.82, 2.24) is 4.90 Å². The third-order valence-corrected chi connectivity index (χ3v) is 1.75. The summed E-state index contributed by atoms with van der Waals surface area (Å²) in [5.41, 5.74) is -0.632. The predicted octanol–water partition coefficient (Wildman–Crippen LogP) is 2.21. The van der Waals surface area contributed by atoms with Crippen LogP contribution in [-0.4, -0.2) is 40.8 Å². The first kappa shape index (κ1) is 16.3. The van der Waals surface area contributed by atoms with Crippen LogP contribution in [0.2, 0.25) is 0 Å². The first-order chi connectivity index (χ1) is 8.21. The van der Waals surface area contributed by atoms with Gasteiger partial charge >= 0.3 is 12.1 Å². The van der Waals surface area contributed by atoms with Crippen LogP contribution >= 0.6 is 0 Å². The van der Waals surface area contributed by atoms with E-state index in [0.29, 0.717) is 6.54 Å². The molecule has 0 rings (SSSR count). The fraction of sp³-hybridized carbons (Fsp3) is 0.667. The number of nitrogens with zero attached hydrogens (tertiary/aromatic N) is 1. The molecule has 1 N–H and O–H groups in total. The van der Waals surface area contributed by atoms with Crippen molar-refractivity contribution in [3.8, 4) is 0 Å². The van der Waals surface area contributed by atoms with Crippen molar-refractivity contribution in [1.29, 1.82) is 0 Å². The van der Waals surface area contributed by atoms with Gasteiger partial charge in [-0.2, -0.15) is 0 Å². The topological polar surface area (TPSA) is 76.1 Å². The van der Waals surface area contributed by atoms with Gasteiger partial charge in [0.2, 0.25) is 5.76 Å². The summed E-state index contributed by atoms with van der Waals surface area (Å²) in [7, 11) is 0. The Morgan fingerprint density at radius 2 is 1.83 bits per heavy atom. The molecule has 18 heavy (non-hydrogen) atoms. The van der Waals surface area contributed by atoms with Crippen LogP contribution in [0.25, 0.3) is 0 Å². The molecule has 0 heterocycles. The average molecular weight is 259 g/mol. The van der Waals surface area contributed by atoms with Gasteiger partial charge in [0.25, 0.3) is 0 Å². The molecule has 0 aliphatic rings. The van der Waals surface area contributed by atoms with E-state index in [0.717, 1.165) is 11.1 Å². The zero-order chi connectivity index (χ0) is 14.3. The molecule has 0 saturated carbocycles. The lowest BCUT2D eigenvalue weighted by Gasteiger charge is -2.24. The normalized spacial score (nSPS) is 11.9. The molecule has 1 amide bonds. The number of hydrogen-bond donors (Lipinski definition) is 1. The van der Waals surface area contributed by atoms with E-state index < -0.39 is 17.7 Å². The molecule has 0 atom stereocenters. The highest BCUT2D eigenvalue weighted by atomic mass is 16.6. The minimum Gasteiger partial charge on any atom is -0.486 e. The Bertz CT molecular complexity index is 330. The number of hydrogen-bond acceptors (Lipinski definition) is 4. The number of aliphatic carboxylic acids is 1. The summed E-state index contributed by atoms with van der Waals surface area (Å²) in [6, 6.07) is 0. The van der Waals surface area contributed by atoms with Crippen LogP contribution in [0.15, 0.2) is 12.0 Å². The number of amides is 1. The molecule has 0 aromatic carbocycles. The molecule has 0 aromatic heterocycles. The van der Waals surface area contributed by atoms with Crippen molar-refractivity contribution in [3.63, 3.8) is 0 Å². The molecule has 0 aliphatic heterocycles. The van der Waals surface area contributed by atoms with E-state index in [2.05, 4.69) is 0 Å².